The number of anilines is 1. The molecular weight excluding hydrogens is 647 g/mol. The molecule has 0 spiro atoms. The molecule has 1 aromatic heterocycles. The Morgan fingerprint density at radius 2 is 1.65 bits per heavy atom. The molecule has 2 fully saturated rings. The number of amides is 4. The molecule has 2 aromatic carbocycles. The van der Waals surface area contributed by atoms with Gasteiger partial charge in [-0.15, -0.1) is 0 Å². The van der Waals surface area contributed by atoms with Crippen molar-refractivity contribution in [2.45, 2.75) is 76.2 Å². The molecule has 3 atom stereocenters. The number of hydrogen-bond acceptors (Lipinski definition) is 5. The van der Waals surface area contributed by atoms with Gasteiger partial charge >= 0.3 is 13.3 Å². The van der Waals surface area contributed by atoms with Gasteiger partial charge in [-0.2, -0.15) is 8.78 Å². The summed E-state index contributed by atoms with van der Waals surface area (Å²) in [7, 11) is -4.15. The third-order valence-electron chi connectivity index (χ3n) is 9.26. The van der Waals surface area contributed by atoms with Crippen molar-refractivity contribution in [3.05, 3.63) is 65.4 Å². The van der Waals surface area contributed by atoms with Gasteiger partial charge in [0.2, 0.25) is 17.7 Å². The summed E-state index contributed by atoms with van der Waals surface area (Å²) in [5, 5.41) is 2.76. The summed E-state index contributed by atoms with van der Waals surface area (Å²) in [6, 6.07) is 9.42. The maximum Gasteiger partial charge on any atom is 0.399 e. The van der Waals surface area contributed by atoms with E-state index >= 15 is 0 Å². The van der Waals surface area contributed by atoms with Crippen LogP contribution in [0.25, 0.3) is 10.9 Å². The van der Waals surface area contributed by atoms with Gasteiger partial charge in [0.15, 0.2) is 0 Å². The van der Waals surface area contributed by atoms with Crippen LogP contribution in [0.3, 0.4) is 0 Å². The van der Waals surface area contributed by atoms with Crippen molar-refractivity contribution in [2.24, 2.45) is 0 Å². The third-order valence-corrected chi connectivity index (χ3v) is 10.2. The Kier molecular flexibility index (Phi) is 9.32. The molecule has 0 radical (unpaired) electrons. The SMILES string of the molecule is CC(=O)N1CC[C@H]2CC[C@@H](C(=O)N(C)c3ccc(C(C)(C)C)cc3)N2C(=O)C(NC(=O)c2cc3cc(C(F)(F)P(=O)(O)O)ccc3[nH]2)C1. The molecule has 4 N–H and O–H groups in total. The fraction of sp³-hybridized carbons (Fsp3) is 0.455. The van der Waals surface area contributed by atoms with Crippen molar-refractivity contribution < 1.29 is 42.3 Å². The lowest BCUT2D eigenvalue weighted by Crippen LogP contribution is -2.61. The van der Waals surface area contributed by atoms with E-state index in [9.17, 15) is 32.5 Å². The Bertz CT molecular complexity index is 1800. The molecule has 2 aliphatic heterocycles. The normalized spacial score (nSPS) is 20.7. The smallest absolute Gasteiger partial charge is 0.351 e. The number of benzene rings is 2. The minimum Gasteiger partial charge on any atom is -0.351 e. The number of nitrogens with zero attached hydrogens (tertiary/aromatic N) is 3. The number of nitrogens with one attached hydrogen (secondary N) is 2. The maximum atomic E-state index is 14.3. The zero-order valence-electron chi connectivity index (χ0n) is 27.4. The van der Waals surface area contributed by atoms with Crippen LogP contribution in [0, 0.1) is 0 Å². The van der Waals surface area contributed by atoms with E-state index in [2.05, 4.69) is 31.1 Å². The second-order valence-electron chi connectivity index (χ2n) is 13.5. The Morgan fingerprint density at radius 3 is 2.25 bits per heavy atom. The molecule has 258 valence electrons. The lowest BCUT2D eigenvalue weighted by Gasteiger charge is -2.39. The fourth-order valence-corrected chi connectivity index (χ4v) is 6.87. The highest BCUT2D eigenvalue weighted by Gasteiger charge is 2.50. The van der Waals surface area contributed by atoms with Gasteiger partial charge < -0.3 is 34.8 Å². The number of likely N-dealkylation sites (N-methyl/N-ethyl adjacent to an activating group) is 1. The average Bonchev–Trinajstić information content (AvgIpc) is 3.63. The lowest BCUT2D eigenvalue weighted by atomic mass is 9.87. The van der Waals surface area contributed by atoms with Crippen LogP contribution in [0.1, 0.15) is 68.6 Å². The fourth-order valence-electron chi connectivity index (χ4n) is 6.39. The van der Waals surface area contributed by atoms with Crippen LogP contribution in [-0.4, -0.2) is 86.5 Å². The molecule has 15 heteroatoms. The molecule has 48 heavy (non-hydrogen) atoms. The van der Waals surface area contributed by atoms with E-state index in [4.69, 9.17) is 9.79 Å². The van der Waals surface area contributed by atoms with E-state index < -0.39 is 42.7 Å². The first-order valence-corrected chi connectivity index (χ1v) is 17.2. The Hall–Kier alpha value is -4.13. The molecule has 4 amide bonds. The minimum atomic E-state index is -5.81. The summed E-state index contributed by atoms with van der Waals surface area (Å²) in [5.41, 5.74) is -3.52. The van der Waals surface area contributed by atoms with Crippen molar-refractivity contribution in [3.8, 4) is 0 Å². The molecular formula is C33H40F2N5O7P. The number of carbonyl (C=O) groups is 4. The number of fused-ring (bicyclic) bond motifs is 2. The number of rotatable bonds is 6. The molecule has 3 heterocycles. The predicted octanol–water partition coefficient (Wildman–Crippen LogP) is 4.07. The van der Waals surface area contributed by atoms with Gasteiger partial charge in [0.05, 0.1) is 0 Å². The highest BCUT2D eigenvalue weighted by molar-refractivity contribution is 7.52. The van der Waals surface area contributed by atoms with Crippen LogP contribution in [0.2, 0.25) is 0 Å². The van der Waals surface area contributed by atoms with Crippen molar-refractivity contribution >= 4 is 47.8 Å². The summed E-state index contributed by atoms with van der Waals surface area (Å²) >= 11 is 0. The Morgan fingerprint density at radius 1 is 1.00 bits per heavy atom. The van der Waals surface area contributed by atoms with E-state index in [1.54, 1.807) is 7.05 Å². The first-order valence-electron chi connectivity index (χ1n) is 15.6. The Labute approximate surface area is 276 Å². The number of halogens is 2. The van der Waals surface area contributed by atoms with Gasteiger partial charge in [-0.1, -0.05) is 39.0 Å². The van der Waals surface area contributed by atoms with E-state index in [1.807, 2.05) is 24.3 Å². The first-order chi connectivity index (χ1) is 22.3. The molecule has 2 aliphatic rings. The van der Waals surface area contributed by atoms with Crippen LogP contribution >= 0.6 is 7.60 Å². The zero-order chi connectivity index (χ0) is 35.3. The molecule has 0 bridgehead atoms. The molecule has 12 nitrogen and oxygen atoms in total. The summed E-state index contributed by atoms with van der Waals surface area (Å²) in [6.45, 7) is 7.81. The van der Waals surface area contributed by atoms with Crippen LogP contribution in [0.15, 0.2) is 48.5 Å². The summed E-state index contributed by atoms with van der Waals surface area (Å²) in [6.07, 6.45) is 1.41. The lowest BCUT2D eigenvalue weighted by molar-refractivity contribution is -0.144. The monoisotopic (exact) mass is 687 g/mol. The highest BCUT2D eigenvalue weighted by atomic mass is 31.2. The largest absolute Gasteiger partial charge is 0.399 e. The van der Waals surface area contributed by atoms with Gasteiger partial charge in [-0.05, 0) is 60.6 Å². The van der Waals surface area contributed by atoms with E-state index in [0.717, 1.165) is 17.7 Å². The van der Waals surface area contributed by atoms with Crippen molar-refractivity contribution in [2.75, 3.05) is 25.0 Å². The molecule has 3 aromatic rings. The van der Waals surface area contributed by atoms with E-state index in [0.29, 0.717) is 31.5 Å². The molecule has 0 saturated carbocycles. The van der Waals surface area contributed by atoms with E-state index in [-0.39, 0.29) is 46.4 Å². The second kappa shape index (κ2) is 12.7. The van der Waals surface area contributed by atoms with Crippen LogP contribution < -0.4 is 10.2 Å². The molecule has 1 unspecified atom stereocenters. The summed E-state index contributed by atoms with van der Waals surface area (Å²) in [5.74, 6) is -1.86. The summed E-state index contributed by atoms with van der Waals surface area (Å²) in [4.78, 5) is 79.6. The summed E-state index contributed by atoms with van der Waals surface area (Å²) < 4.78 is 40.0. The average molecular weight is 688 g/mol. The maximum absolute atomic E-state index is 14.3. The highest BCUT2D eigenvalue weighted by Crippen LogP contribution is 2.59. The number of alkyl halides is 2. The van der Waals surface area contributed by atoms with Gasteiger partial charge in [-0.3, -0.25) is 23.7 Å². The number of aromatic nitrogens is 1. The van der Waals surface area contributed by atoms with Crippen LogP contribution in [0.5, 0.6) is 0 Å². The minimum absolute atomic E-state index is 0.0693. The van der Waals surface area contributed by atoms with Crippen molar-refractivity contribution in [1.82, 2.24) is 20.1 Å². The number of hydrogen-bond donors (Lipinski definition) is 4. The molecule has 2 saturated heterocycles. The topological polar surface area (TPSA) is 163 Å². The van der Waals surface area contributed by atoms with Gasteiger partial charge in [0, 0.05) is 55.3 Å². The van der Waals surface area contributed by atoms with Crippen molar-refractivity contribution in [3.63, 3.8) is 0 Å². The van der Waals surface area contributed by atoms with E-state index in [1.165, 1.54) is 33.8 Å². The number of carbonyl (C=O) groups excluding carboxylic acids is 4. The number of aromatic amines is 1. The quantitative estimate of drug-likeness (QED) is 0.284. The van der Waals surface area contributed by atoms with Gasteiger partial charge in [0.1, 0.15) is 17.8 Å². The van der Waals surface area contributed by atoms with Crippen molar-refractivity contribution in [1.29, 1.82) is 0 Å². The molecule has 5 rings (SSSR count). The first kappa shape index (κ1) is 35.2. The zero-order valence-corrected chi connectivity index (χ0v) is 28.3. The second-order valence-corrected chi connectivity index (χ2v) is 15.2. The predicted molar refractivity (Wildman–Crippen MR) is 175 cm³/mol. The molecule has 0 aliphatic carbocycles. The number of H-pyrrole nitrogens is 1. The van der Waals surface area contributed by atoms with Gasteiger partial charge in [-0.25, -0.2) is 0 Å². The third kappa shape index (κ3) is 6.74. The van der Waals surface area contributed by atoms with Crippen LogP contribution in [-0.2, 0) is 30.0 Å². The van der Waals surface area contributed by atoms with Crippen LogP contribution in [0.4, 0.5) is 14.5 Å². The Balaban J connectivity index is 1.40. The standard InChI is InChI=1S/C33H40F2N5O7P/c1-19(41)39-15-14-24-11-13-28(31(44)38(5)23-9-6-21(7-10-23)32(2,3)4)40(24)30(43)27(18-39)37-29(42)26-17-20-16-22(8-12-25(20)36-26)33(34,35)48(45,46)47/h6-10,12,16-17,24,27-28,36H,11,13-15,18H2,1-5H3,(H,37,42)(H2,45,46,47)/t24-,27?,28+/m1/s1. The van der Waals surface area contributed by atoms with Gasteiger partial charge in [0.25, 0.3) is 5.91 Å².